The molecule has 0 unspecified atom stereocenters. The standard InChI is InChI=1S/C17H23N3O3/c1-11-5-14(11)16(21)20-9-17(10-20)6-13(3-4-22-17)23-15-8-18-7-12(2)19-15/h7-8,11,13-14H,3-6,9-10H2,1-2H3/t11-,13-,14+/m1/s1. The first-order valence-electron chi connectivity index (χ1n) is 8.43. The monoisotopic (exact) mass is 317 g/mol. The zero-order valence-electron chi connectivity index (χ0n) is 13.7. The van der Waals surface area contributed by atoms with E-state index in [1.54, 1.807) is 12.4 Å². The fourth-order valence-electron chi connectivity index (χ4n) is 3.68. The summed E-state index contributed by atoms with van der Waals surface area (Å²) in [5, 5.41) is 0. The number of ether oxygens (including phenoxy) is 2. The van der Waals surface area contributed by atoms with Crippen molar-refractivity contribution in [2.45, 2.75) is 44.8 Å². The molecule has 0 bridgehead atoms. The van der Waals surface area contributed by atoms with Crippen molar-refractivity contribution in [2.75, 3.05) is 19.7 Å². The number of likely N-dealkylation sites (tertiary alicyclic amines) is 1. The maximum atomic E-state index is 12.3. The van der Waals surface area contributed by atoms with Crippen LogP contribution in [0.5, 0.6) is 5.88 Å². The highest BCUT2D eigenvalue weighted by Gasteiger charge is 2.53. The van der Waals surface area contributed by atoms with Gasteiger partial charge in [0, 0.05) is 25.0 Å². The van der Waals surface area contributed by atoms with Crippen LogP contribution in [0.1, 0.15) is 31.9 Å². The van der Waals surface area contributed by atoms with E-state index in [0.29, 0.717) is 37.4 Å². The third kappa shape index (κ3) is 2.92. The number of carbonyl (C=O) groups is 1. The Kier molecular flexibility index (Phi) is 3.52. The number of aryl methyl sites for hydroxylation is 1. The summed E-state index contributed by atoms with van der Waals surface area (Å²) in [6.07, 6.45) is 6.16. The molecule has 2 aliphatic heterocycles. The zero-order chi connectivity index (χ0) is 16.0. The molecule has 1 aromatic heterocycles. The Hall–Kier alpha value is -1.69. The minimum absolute atomic E-state index is 0.0805. The van der Waals surface area contributed by atoms with Gasteiger partial charge in [-0.15, -0.1) is 0 Å². The third-order valence-corrected chi connectivity index (χ3v) is 5.16. The normalized spacial score (nSPS) is 31.6. The summed E-state index contributed by atoms with van der Waals surface area (Å²) in [7, 11) is 0. The van der Waals surface area contributed by atoms with Crippen molar-refractivity contribution >= 4 is 5.91 Å². The topological polar surface area (TPSA) is 64.6 Å². The molecule has 1 spiro atoms. The van der Waals surface area contributed by atoms with Gasteiger partial charge in [-0.1, -0.05) is 6.92 Å². The predicted octanol–water partition coefficient (Wildman–Crippen LogP) is 1.58. The fraction of sp³-hybridized carbons (Fsp3) is 0.706. The van der Waals surface area contributed by atoms with E-state index in [1.807, 2.05) is 11.8 Å². The quantitative estimate of drug-likeness (QED) is 0.847. The third-order valence-electron chi connectivity index (χ3n) is 5.16. The Bertz CT molecular complexity index is 615. The van der Waals surface area contributed by atoms with Gasteiger partial charge in [-0.3, -0.25) is 9.78 Å². The summed E-state index contributed by atoms with van der Waals surface area (Å²) < 4.78 is 12.0. The van der Waals surface area contributed by atoms with Crippen molar-refractivity contribution in [1.82, 2.24) is 14.9 Å². The van der Waals surface area contributed by atoms with Crippen LogP contribution in [0, 0.1) is 18.8 Å². The van der Waals surface area contributed by atoms with Gasteiger partial charge in [0.05, 0.1) is 31.6 Å². The second kappa shape index (κ2) is 5.44. The highest BCUT2D eigenvalue weighted by Crippen LogP contribution is 2.43. The molecule has 6 heteroatoms. The minimum atomic E-state index is -0.214. The van der Waals surface area contributed by atoms with Crippen molar-refractivity contribution in [3.63, 3.8) is 0 Å². The second-order valence-electron chi connectivity index (χ2n) is 7.28. The van der Waals surface area contributed by atoms with E-state index in [4.69, 9.17) is 9.47 Å². The van der Waals surface area contributed by atoms with Crippen molar-refractivity contribution in [1.29, 1.82) is 0 Å². The molecule has 1 saturated carbocycles. The number of rotatable bonds is 3. The van der Waals surface area contributed by atoms with Crippen molar-refractivity contribution in [3.05, 3.63) is 18.1 Å². The molecule has 2 saturated heterocycles. The molecular weight excluding hydrogens is 294 g/mol. The minimum Gasteiger partial charge on any atom is -0.473 e. The maximum Gasteiger partial charge on any atom is 0.232 e. The highest BCUT2D eigenvalue weighted by atomic mass is 16.5. The first-order chi connectivity index (χ1) is 11.0. The van der Waals surface area contributed by atoms with Crippen molar-refractivity contribution < 1.29 is 14.3 Å². The lowest BCUT2D eigenvalue weighted by Gasteiger charge is -2.53. The highest BCUT2D eigenvalue weighted by molar-refractivity contribution is 5.82. The van der Waals surface area contributed by atoms with Gasteiger partial charge in [-0.2, -0.15) is 0 Å². The van der Waals surface area contributed by atoms with E-state index < -0.39 is 0 Å². The van der Waals surface area contributed by atoms with Crippen molar-refractivity contribution in [3.8, 4) is 5.88 Å². The Balaban J connectivity index is 1.34. The van der Waals surface area contributed by atoms with E-state index in [1.165, 1.54) is 0 Å². The van der Waals surface area contributed by atoms with Gasteiger partial charge < -0.3 is 14.4 Å². The number of hydrogen-bond acceptors (Lipinski definition) is 5. The zero-order valence-corrected chi connectivity index (χ0v) is 13.7. The molecule has 6 nitrogen and oxygen atoms in total. The summed E-state index contributed by atoms with van der Waals surface area (Å²) in [5.41, 5.74) is 0.636. The van der Waals surface area contributed by atoms with Gasteiger partial charge in [0.2, 0.25) is 11.8 Å². The summed E-state index contributed by atoms with van der Waals surface area (Å²) in [6.45, 7) is 6.12. The number of hydrogen-bond donors (Lipinski definition) is 0. The van der Waals surface area contributed by atoms with Crippen LogP contribution in [0.2, 0.25) is 0 Å². The Morgan fingerprint density at radius 3 is 2.91 bits per heavy atom. The average molecular weight is 317 g/mol. The number of carbonyl (C=O) groups excluding carboxylic acids is 1. The molecule has 1 amide bonds. The molecule has 3 aliphatic rings. The van der Waals surface area contributed by atoms with Gasteiger partial charge in [0.15, 0.2) is 0 Å². The van der Waals surface area contributed by atoms with E-state index in [0.717, 1.165) is 25.0 Å². The summed E-state index contributed by atoms with van der Waals surface area (Å²) >= 11 is 0. The molecule has 4 rings (SSSR count). The molecule has 3 fully saturated rings. The van der Waals surface area contributed by atoms with Crippen LogP contribution in [0.25, 0.3) is 0 Å². The van der Waals surface area contributed by atoms with Crippen LogP contribution in [-0.4, -0.2) is 52.2 Å². The fourth-order valence-corrected chi connectivity index (χ4v) is 3.68. The van der Waals surface area contributed by atoms with Gasteiger partial charge in [-0.05, 0) is 19.3 Å². The van der Waals surface area contributed by atoms with Crippen LogP contribution in [-0.2, 0) is 9.53 Å². The summed E-state index contributed by atoms with van der Waals surface area (Å²) in [6, 6.07) is 0. The average Bonchev–Trinajstić information content (AvgIpc) is 3.21. The van der Waals surface area contributed by atoms with Crippen LogP contribution in [0.3, 0.4) is 0 Å². The van der Waals surface area contributed by atoms with Gasteiger partial charge in [0.25, 0.3) is 0 Å². The Morgan fingerprint density at radius 1 is 1.43 bits per heavy atom. The molecular formula is C17H23N3O3. The Labute approximate surface area is 136 Å². The lowest BCUT2D eigenvalue weighted by atomic mass is 9.84. The predicted molar refractivity (Wildman–Crippen MR) is 83.0 cm³/mol. The molecule has 124 valence electrons. The lowest BCUT2D eigenvalue weighted by molar-refractivity contribution is -0.194. The number of amides is 1. The van der Waals surface area contributed by atoms with E-state index in [2.05, 4.69) is 16.9 Å². The van der Waals surface area contributed by atoms with Crippen LogP contribution in [0.15, 0.2) is 12.4 Å². The summed E-state index contributed by atoms with van der Waals surface area (Å²) in [4.78, 5) is 22.7. The number of aromatic nitrogens is 2. The van der Waals surface area contributed by atoms with E-state index >= 15 is 0 Å². The smallest absolute Gasteiger partial charge is 0.232 e. The first-order valence-corrected chi connectivity index (χ1v) is 8.43. The van der Waals surface area contributed by atoms with Crippen molar-refractivity contribution in [2.24, 2.45) is 11.8 Å². The molecule has 0 radical (unpaired) electrons. The van der Waals surface area contributed by atoms with Gasteiger partial charge >= 0.3 is 0 Å². The second-order valence-corrected chi connectivity index (χ2v) is 7.28. The number of nitrogens with zero attached hydrogens (tertiary/aromatic N) is 3. The molecule has 3 heterocycles. The first kappa shape index (κ1) is 14.9. The molecule has 0 aromatic carbocycles. The maximum absolute atomic E-state index is 12.3. The largest absolute Gasteiger partial charge is 0.473 e. The molecule has 23 heavy (non-hydrogen) atoms. The van der Waals surface area contributed by atoms with Crippen LogP contribution >= 0.6 is 0 Å². The van der Waals surface area contributed by atoms with E-state index in [9.17, 15) is 4.79 Å². The van der Waals surface area contributed by atoms with Gasteiger partial charge in [0.1, 0.15) is 11.7 Å². The molecule has 1 aromatic rings. The van der Waals surface area contributed by atoms with Crippen LogP contribution < -0.4 is 4.74 Å². The Morgan fingerprint density at radius 2 is 2.22 bits per heavy atom. The lowest BCUT2D eigenvalue weighted by Crippen LogP contribution is -2.67. The SMILES string of the molecule is Cc1cncc(O[C@@H]2CCOC3(C2)CN(C(=O)[C@H]2C[C@H]2C)C3)n1. The van der Waals surface area contributed by atoms with E-state index in [-0.39, 0.29) is 17.6 Å². The molecule has 0 N–H and O–H groups in total. The van der Waals surface area contributed by atoms with Crippen LogP contribution in [0.4, 0.5) is 0 Å². The van der Waals surface area contributed by atoms with Gasteiger partial charge in [-0.25, -0.2) is 4.98 Å². The molecule has 1 aliphatic carbocycles. The summed E-state index contributed by atoms with van der Waals surface area (Å²) in [5.74, 6) is 1.69. The molecule has 3 atom stereocenters.